The highest BCUT2D eigenvalue weighted by Gasteiger charge is 2.15. The smallest absolute Gasteiger partial charge is 0.191 e. The van der Waals surface area contributed by atoms with Crippen LogP contribution in [0.25, 0.3) is 0 Å². The summed E-state index contributed by atoms with van der Waals surface area (Å²) in [5.74, 6) is 1.68. The van der Waals surface area contributed by atoms with Gasteiger partial charge in [-0.2, -0.15) is 0 Å². The van der Waals surface area contributed by atoms with E-state index in [-0.39, 0.29) is 30.0 Å². The lowest BCUT2D eigenvalue weighted by atomic mass is 10.1. The zero-order valence-electron chi connectivity index (χ0n) is 16.0. The van der Waals surface area contributed by atoms with Crippen LogP contribution in [-0.2, 0) is 4.74 Å². The first-order chi connectivity index (χ1) is 11.6. The number of ether oxygens (including phenoxy) is 2. The predicted molar refractivity (Wildman–Crippen MR) is 115 cm³/mol. The van der Waals surface area contributed by atoms with E-state index in [1.165, 1.54) is 5.56 Å². The van der Waals surface area contributed by atoms with E-state index >= 15 is 0 Å². The molecule has 25 heavy (non-hydrogen) atoms. The van der Waals surface area contributed by atoms with E-state index in [0.717, 1.165) is 44.4 Å². The zero-order valence-corrected chi connectivity index (χ0v) is 18.4. The average molecular weight is 464 g/mol. The maximum Gasteiger partial charge on any atom is 0.191 e. The van der Waals surface area contributed by atoms with Gasteiger partial charge in [0.25, 0.3) is 0 Å². The first-order valence-corrected chi connectivity index (χ1v) is 8.45. The molecular formula is C18H33IN4O2. The highest BCUT2D eigenvalue weighted by atomic mass is 127. The predicted octanol–water partition coefficient (Wildman–Crippen LogP) is 2.51. The van der Waals surface area contributed by atoms with Crippen molar-refractivity contribution in [3.63, 3.8) is 0 Å². The van der Waals surface area contributed by atoms with Gasteiger partial charge in [-0.3, -0.25) is 4.99 Å². The monoisotopic (exact) mass is 464 g/mol. The van der Waals surface area contributed by atoms with Gasteiger partial charge in [-0.1, -0.05) is 12.1 Å². The van der Waals surface area contributed by atoms with Gasteiger partial charge >= 0.3 is 0 Å². The van der Waals surface area contributed by atoms with Gasteiger partial charge in [0.05, 0.1) is 13.2 Å². The topological polar surface area (TPSA) is 58.1 Å². The van der Waals surface area contributed by atoms with Crippen LogP contribution >= 0.6 is 24.0 Å². The number of halogens is 1. The van der Waals surface area contributed by atoms with Crippen molar-refractivity contribution in [1.29, 1.82) is 0 Å². The average Bonchev–Trinajstić information content (AvgIpc) is 2.59. The van der Waals surface area contributed by atoms with Crippen molar-refractivity contribution in [2.24, 2.45) is 4.99 Å². The van der Waals surface area contributed by atoms with E-state index in [1.807, 2.05) is 19.1 Å². The third kappa shape index (κ3) is 9.27. The summed E-state index contributed by atoms with van der Waals surface area (Å²) < 4.78 is 10.7. The lowest BCUT2D eigenvalue weighted by Gasteiger charge is -2.26. The second-order valence-corrected chi connectivity index (χ2v) is 5.69. The molecule has 1 aromatic carbocycles. The van der Waals surface area contributed by atoms with E-state index in [1.54, 1.807) is 14.2 Å². The molecule has 0 amide bonds. The van der Waals surface area contributed by atoms with Crippen molar-refractivity contribution >= 4 is 29.9 Å². The molecule has 1 rings (SSSR count). The first kappa shape index (κ1) is 23.9. The van der Waals surface area contributed by atoms with Crippen molar-refractivity contribution in [2.45, 2.75) is 19.4 Å². The summed E-state index contributed by atoms with van der Waals surface area (Å²) in [4.78, 5) is 6.46. The number of methoxy groups -OCH3 is 1. The number of hydrogen-bond donors (Lipinski definition) is 2. The summed E-state index contributed by atoms with van der Waals surface area (Å²) in [6, 6.07) is 8.40. The molecule has 7 heteroatoms. The van der Waals surface area contributed by atoms with Crippen LogP contribution < -0.4 is 15.4 Å². The molecule has 0 aliphatic carbocycles. The van der Waals surface area contributed by atoms with Gasteiger partial charge in [-0.05, 0) is 45.1 Å². The summed E-state index contributed by atoms with van der Waals surface area (Å²) >= 11 is 0. The van der Waals surface area contributed by atoms with E-state index < -0.39 is 0 Å². The molecule has 0 fully saturated rings. The number of aliphatic imine (C=N–C) groups is 1. The number of guanidine groups is 1. The number of benzene rings is 1. The van der Waals surface area contributed by atoms with Crippen LogP contribution in [-0.4, -0.2) is 65.4 Å². The molecule has 0 aromatic heterocycles. The van der Waals surface area contributed by atoms with E-state index in [9.17, 15) is 0 Å². The number of nitrogens with zero attached hydrogens (tertiary/aromatic N) is 2. The Morgan fingerprint density at radius 2 is 2.04 bits per heavy atom. The third-order valence-electron chi connectivity index (χ3n) is 3.75. The van der Waals surface area contributed by atoms with Crippen LogP contribution in [0.2, 0.25) is 0 Å². The third-order valence-corrected chi connectivity index (χ3v) is 3.75. The molecular weight excluding hydrogens is 431 g/mol. The number of likely N-dealkylation sites (N-methyl/N-ethyl adjacent to an activating group) is 1. The Labute approximate surface area is 169 Å². The minimum Gasteiger partial charge on any atom is -0.497 e. The maximum atomic E-state index is 5.34. The quantitative estimate of drug-likeness (QED) is 0.241. The van der Waals surface area contributed by atoms with Crippen molar-refractivity contribution in [3.8, 4) is 5.75 Å². The van der Waals surface area contributed by atoms with Gasteiger partial charge in [-0.25, -0.2) is 0 Å². The van der Waals surface area contributed by atoms with Crippen LogP contribution in [0.3, 0.4) is 0 Å². The Balaban J connectivity index is 0.00000576. The fraction of sp³-hybridized carbons (Fsp3) is 0.611. The molecule has 1 unspecified atom stereocenters. The zero-order chi connectivity index (χ0) is 17.8. The molecule has 1 aromatic rings. The number of hydrogen-bond acceptors (Lipinski definition) is 4. The fourth-order valence-electron chi connectivity index (χ4n) is 2.39. The van der Waals surface area contributed by atoms with E-state index in [0.29, 0.717) is 0 Å². The van der Waals surface area contributed by atoms with E-state index in [4.69, 9.17) is 9.47 Å². The maximum absolute atomic E-state index is 5.34. The molecule has 0 spiro atoms. The molecule has 0 saturated heterocycles. The minimum absolute atomic E-state index is 0. The van der Waals surface area contributed by atoms with Crippen LogP contribution in [0, 0.1) is 0 Å². The molecule has 0 aliphatic heterocycles. The Morgan fingerprint density at radius 3 is 2.64 bits per heavy atom. The molecule has 0 radical (unpaired) electrons. The van der Waals surface area contributed by atoms with Gasteiger partial charge < -0.3 is 25.0 Å². The second-order valence-electron chi connectivity index (χ2n) is 5.69. The summed E-state index contributed by atoms with van der Waals surface area (Å²) in [6.45, 7) is 5.13. The molecule has 0 bridgehead atoms. The molecule has 0 saturated carbocycles. The molecule has 6 nitrogen and oxygen atoms in total. The van der Waals surface area contributed by atoms with Crippen molar-refractivity contribution < 1.29 is 9.47 Å². The Hall–Kier alpha value is -1.06. The van der Waals surface area contributed by atoms with Crippen LogP contribution in [0.5, 0.6) is 5.75 Å². The van der Waals surface area contributed by atoms with Crippen molar-refractivity contribution in [1.82, 2.24) is 15.5 Å². The highest BCUT2D eigenvalue weighted by molar-refractivity contribution is 14.0. The summed E-state index contributed by atoms with van der Waals surface area (Å²) in [7, 11) is 7.62. The largest absolute Gasteiger partial charge is 0.497 e. The van der Waals surface area contributed by atoms with Crippen LogP contribution in [0.1, 0.15) is 24.9 Å². The number of rotatable bonds is 10. The highest BCUT2D eigenvalue weighted by Crippen LogP contribution is 2.21. The molecule has 144 valence electrons. The summed E-state index contributed by atoms with van der Waals surface area (Å²) in [5, 5.41) is 6.71. The minimum atomic E-state index is 0. The Morgan fingerprint density at radius 1 is 1.28 bits per heavy atom. The van der Waals surface area contributed by atoms with Crippen molar-refractivity contribution in [2.75, 3.05) is 54.6 Å². The van der Waals surface area contributed by atoms with Gasteiger partial charge in [-0.15, -0.1) is 24.0 Å². The molecule has 0 aliphatic rings. The van der Waals surface area contributed by atoms with Gasteiger partial charge in [0, 0.05) is 33.4 Å². The molecule has 1 atom stereocenters. The van der Waals surface area contributed by atoms with Crippen LogP contribution in [0.15, 0.2) is 29.3 Å². The van der Waals surface area contributed by atoms with Crippen molar-refractivity contribution in [3.05, 3.63) is 29.8 Å². The fourth-order valence-corrected chi connectivity index (χ4v) is 2.39. The second kappa shape index (κ2) is 14.1. The number of nitrogens with one attached hydrogen (secondary N) is 2. The molecule has 0 heterocycles. The first-order valence-electron chi connectivity index (χ1n) is 8.45. The lowest BCUT2D eigenvalue weighted by Crippen LogP contribution is -2.42. The lowest BCUT2D eigenvalue weighted by molar-refractivity contribution is 0.145. The Kier molecular flexibility index (Phi) is 13.5. The van der Waals surface area contributed by atoms with Crippen LogP contribution in [0.4, 0.5) is 0 Å². The van der Waals surface area contributed by atoms with Gasteiger partial charge in [0.15, 0.2) is 5.96 Å². The summed E-state index contributed by atoms with van der Waals surface area (Å²) in [5.41, 5.74) is 1.21. The van der Waals surface area contributed by atoms with E-state index in [2.05, 4.69) is 46.8 Å². The SMILES string of the molecule is CCOCCCNC(=NC)NCC(c1cccc(OC)c1)N(C)C.I. The Bertz CT molecular complexity index is 498. The van der Waals surface area contributed by atoms with Gasteiger partial charge in [0.2, 0.25) is 0 Å². The van der Waals surface area contributed by atoms with Gasteiger partial charge in [0.1, 0.15) is 5.75 Å². The standard InChI is InChI=1S/C18H32N4O2.HI/c1-6-24-12-8-11-20-18(19-2)21-14-17(22(3)4)15-9-7-10-16(13-15)23-5;/h7,9-10,13,17H,6,8,11-12,14H2,1-5H3,(H2,19,20,21);1H. The molecule has 2 N–H and O–H groups in total. The summed E-state index contributed by atoms with van der Waals surface area (Å²) in [6.07, 6.45) is 0.960. The normalized spacial score (nSPS) is 12.5.